The van der Waals surface area contributed by atoms with Crippen molar-refractivity contribution in [1.82, 2.24) is 10.2 Å². The molecule has 7 nitrogen and oxygen atoms in total. The van der Waals surface area contributed by atoms with Crippen molar-refractivity contribution in [3.8, 4) is 0 Å². The molecule has 1 fully saturated rings. The van der Waals surface area contributed by atoms with Crippen molar-refractivity contribution in [2.24, 2.45) is 5.92 Å². The molecule has 0 spiro atoms. The summed E-state index contributed by atoms with van der Waals surface area (Å²) in [6, 6.07) is 0. The molecule has 1 aliphatic heterocycles. The number of ketones is 1. The Morgan fingerprint density at radius 3 is 2.36 bits per heavy atom. The molecule has 0 aliphatic carbocycles. The average molecular weight is 312 g/mol. The van der Waals surface area contributed by atoms with E-state index in [0.717, 1.165) is 6.42 Å². The Hall–Kier alpha value is -1.92. The number of amides is 2. The molecule has 0 bridgehead atoms. The average Bonchev–Trinajstić information content (AvgIpc) is 2.85. The van der Waals surface area contributed by atoms with E-state index in [1.54, 1.807) is 4.90 Å². The maximum atomic E-state index is 12.0. The molecule has 2 amide bonds. The standard InChI is InChI=1S/C15H24N2O5/c1-4-12-8-17(14(20)7-16-11(3)19)9-13(12)22-15(21)6-5-10(2)18/h12-13H,4-9H2,1-3H3,(H,16,19)/t12-,13+/m1/s1. The van der Waals surface area contributed by atoms with Gasteiger partial charge in [0.05, 0.1) is 19.5 Å². The summed E-state index contributed by atoms with van der Waals surface area (Å²) >= 11 is 0. The second-order valence-corrected chi connectivity index (χ2v) is 5.61. The Bertz CT molecular complexity index is 449. The van der Waals surface area contributed by atoms with Gasteiger partial charge in [0, 0.05) is 25.8 Å². The van der Waals surface area contributed by atoms with Crippen LogP contribution in [0.5, 0.6) is 0 Å². The molecule has 0 saturated carbocycles. The first-order valence-corrected chi connectivity index (χ1v) is 7.54. The summed E-state index contributed by atoms with van der Waals surface area (Å²) in [4.78, 5) is 47.0. The van der Waals surface area contributed by atoms with Gasteiger partial charge < -0.3 is 19.7 Å². The van der Waals surface area contributed by atoms with E-state index >= 15 is 0 Å². The second kappa shape index (κ2) is 8.51. The van der Waals surface area contributed by atoms with Crippen molar-refractivity contribution in [3.05, 3.63) is 0 Å². The van der Waals surface area contributed by atoms with Gasteiger partial charge in [-0.15, -0.1) is 0 Å². The Kier molecular flexibility index (Phi) is 7.01. The lowest BCUT2D eigenvalue weighted by atomic mass is 10.0. The summed E-state index contributed by atoms with van der Waals surface area (Å²) in [5.41, 5.74) is 0. The number of nitrogens with zero attached hydrogens (tertiary/aromatic N) is 1. The first kappa shape index (κ1) is 18.1. The molecule has 7 heteroatoms. The smallest absolute Gasteiger partial charge is 0.306 e. The normalized spacial score (nSPS) is 20.6. The van der Waals surface area contributed by atoms with Gasteiger partial charge in [0.25, 0.3) is 0 Å². The lowest BCUT2D eigenvalue weighted by molar-refractivity contribution is -0.151. The van der Waals surface area contributed by atoms with Crippen LogP contribution >= 0.6 is 0 Å². The van der Waals surface area contributed by atoms with Crippen LogP contribution in [-0.2, 0) is 23.9 Å². The molecular weight excluding hydrogens is 288 g/mol. The molecule has 22 heavy (non-hydrogen) atoms. The zero-order valence-electron chi connectivity index (χ0n) is 13.4. The van der Waals surface area contributed by atoms with Crippen LogP contribution in [0.25, 0.3) is 0 Å². The molecule has 1 rings (SSSR count). The topological polar surface area (TPSA) is 92.8 Å². The molecule has 1 saturated heterocycles. The summed E-state index contributed by atoms with van der Waals surface area (Å²) in [5, 5.41) is 2.47. The van der Waals surface area contributed by atoms with Crippen molar-refractivity contribution < 1.29 is 23.9 Å². The number of esters is 1. The monoisotopic (exact) mass is 312 g/mol. The van der Waals surface area contributed by atoms with Gasteiger partial charge >= 0.3 is 5.97 Å². The first-order chi connectivity index (χ1) is 10.3. The fourth-order valence-electron chi connectivity index (χ4n) is 2.39. The molecule has 1 heterocycles. The van der Waals surface area contributed by atoms with Gasteiger partial charge in [-0.1, -0.05) is 6.92 Å². The van der Waals surface area contributed by atoms with Crippen LogP contribution in [0.3, 0.4) is 0 Å². The van der Waals surface area contributed by atoms with Crippen LogP contribution in [0, 0.1) is 5.92 Å². The number of likely N-dealkylation sites (tertiary alicyclic amines) is 1. The lowest BCUT2D eigenvalue weighted by Crippen LogP contribution is -2.39. The number of rotatable bonds is 7. The third-order valence-electron chi connectivity index (χ3n) is 3.71. The number of carbonyl (C=O) groups is 4. The fraction of sp³-hybridized carbons (Fsp3) is 0.733. The minimum atomic E-state index is -0.408. The van der Waals surface area contributed by atoms with Crippen molar-refractivity contribution in [1.29, 1.82) is 0 Å². The quantitative estimate of drug-likeness (QED) is 0.681. The summed E-state index contributed by atoms with van der Waals surface area (Å²) in [6.45, 7) is 5.56. The zero-order chi connectivity index (χ0) is 16.7. The Morgan fingerprint density at radius 1 is 1.14 bits per heavy atom. The third-order valence-corrected chi connectivity index (χ3v) is 3.71. The van der Waals surface area contributed by atoms with Crippen LogP contribution in [0.4, 0.5) is 0 Å². The molecule has 124 valence electrons. The number of Topliss-reactive ketones (excluding diaryl/α,β-unsaturated/α-hetero) is 1. The molecule has 1 N–H and O–H groups in total. The van der Waals surface area contributed by atoms with Gasteiger partial charge in [-0.3, -0.25) is 14.4 Å². The Morgan fingerprint density at radius 2 is 1.82 bits per heavy atom. The molecule has 0 aromatic heterocycles. The first-order valence-electron chi connectivity index (χ1n) is 7.54. The van der Waals surface area contributed by atoms with E-state index in [2.05, 4.69) is 5.32 Å². The number of hydrogen-bond acceptors (Lipinski definition) is 5. The number of nitrogens with one attached hydrogen (secondary N) is 1. The van der Waals surface area contributed by atoms with E-state index in [-0.39, 0.29) is 49.0 Å². The summed E-state index contributed by atoms with van der Waals surface area (Å²) in [7, 11) is 0. The van der Waals surface area contributed by atoms with Crippen molar-refractivity contribution in [2.75, 3.05) is 19.6 Å². The van der Waals surface area contributed by atoms with Crippen LogP contribution < -0.4 is 5.32 Å². The molecular formula is C15H24N2O5. The van der Waals surface area contributed by atoms with E-state index in [4.69, 9.17) is 4.74 Å². The maximum absolute atomic E-state index is 12.0. The summed E-state index contributed by atoms with van der Waals surface area (Å²) in [5.74, 6) is -0.817. The Labute approximate surface area is 130 Å². The van der Waals surface area contributed by atoms with E-state index in [0.29, 0.717) is 13.1 Å². The summed E-state index contributed by atoms with van der Waals surface area (Å²) < 4.78 is 5.40. The van der Waals surface area contributed by atoms with Crippen molar-refractivity contribution in [3.63, 3.8) is 0 Å². The van der Waals surface area contributed by atoms with Gasteiger partial charge in [0.15, 0.2) is 0 Å². The van der Waals surface area contributed by atoms with Gasteiger partial charge in [-0.2, -0.15) is 0 Å². The van der Waals surface area contributed by atoms with Crippen molar-refractivity contribution in [2.45, 2.75) is 46.1 Å². The lowest BCUT2D eigenvalue weighted by Gasteiger charge is -2.17. The van der Waals surface area contributed by atoms with Crippen LogP contribution in [0.1, 0.15) is 40.0 Å². The fourth-order valence-corrected chi connectivity index (χ4v) is 2.39. The van der Waals surface area contributed by atoms with Crippen LogP contribution in [0.15, 0.2) is 0 Å². The number of hydrogen-bond donors (Lipinski definition) is 1. The Balaban J connectivity index is 2.50. The third kappa shape index (κ3) is 5.83. The van der Waals surface area contributed by atoms with E-state index in [9.17, 15) is 19.2 Å². The number of ether oxygens (including phenoxy) is 1. The van der Waals surface area contributed by atoms with Gasteiger partial charge in [-0.25, -0.2) is 0 Å². The highest BCUT2D eigenvalue weighted by Gasteiger charge is 2.36. The summed E-state index contributed by atoms with van der Waals surface area (Å²) in [6.07, 6.45) is 0.690. The van der Waals surface area contributed by atoms with Gasteiger partial charge in [0.2, 0.25) is 11.8 Å². The van der Waals surface area contributed by atoms with E-state index in [1.165, 1.54) is 13.8 Å². The molecule has 0 aromatic rings. The minimum absolute atomic E-state index is 0.0449. The molecule has 2 atom stereocenters. The highest BCUT2D eigenvalue weighted by atomic mass is 16.5. The van der Waals surface area contributed by atoms with Gasteiger partial charge in [-0.05, 0) is 13.3 Å². The molecule has 0 unspecified atom stereocenters. The number of carbonyl (C=O) groups excluding carboxylic acids is 4. The highest BCUT2D eigenvalue weighted by molar-refractivity contribution is 5.84. The maximum Gasteiger partial charge on any atom is 0.306 e. The van der Waals surface area contributed by atoms with E-state index in [1.807, 2.05) is 6.92 Å². The largest absolute Gasteiger partial charge is 0.460 e. The van der Waals surface area contributed by atoms with Gasteiger partial charge in [0.1, 0.15) is 11.9 Å². The minimum Gasteiger partial charge on any atom is -0.460 e. The highest BCUT2D eigenvalue weighted by Crippen LogP contribution is 2.23. The molecule has 0 radical (unpaired) electrons. The predicted octanol–water partition coefficient (Wildman–Crippen LogP) is 0.272. The second-order valence-electron chi connectivity index (χ2n) is 5.61. The molecule has 1 aliphatic rings. The zero-order valence-corrected chi connectivity index (χ0v) is 13.4. The van der Waals surface area contributed by atoms with Crippen molar-refractivity contribution >= 4 is 23.6 Å². The SMILES string of the molecule is CC[C@@H]1CN(C(=O)CNC(C)=O)C[C@@H]1OC(=O)CCC(C)=O. The van der Waals surface area contributed by atoms with Crippen LogP contribution in [-0.4, -0.2) is 54.2 Å². The predicted molar refractivity (Wildman–Crippen MR) is 78.8 cm³/mol. The van der Waals surface area contributed by atoms with E-state index < -0.39 is 5.97 Å². The van der Waals surface area contributed by atoms with Crippen LogP contribution in [0.2, 0.25) is 0 Å². The molecule has 0 aromatic carbocycles.